The molecule has 0 amide bonds. The molecule has 0 unspecified atom stereocenters. The molecule has 0 aliphatic rings. The number of aromatic nitrogens is 4. The maximum Gasteiger partial charge on any atom is 0.145 e. The maximum atomic E-state index is 6.56. The summed E-state index contributed by atoms with van der Waals surface area (Å²) in [4.78, 5) is 16.3. The summed E-state index contributed by atoms with van der Waals surface area (Å²) in [5.41, 5.74) is 3.64. The van der Waals surface area contributed by atoms with E-state index in [1.54, 1.807) is 18.6 Å². The Bertz CT molecular complexity index is 1030. The van der Waals surface area contributed by atoms with Crippen LogP contribution >= 0.6 is 11.6 Å². The number of halogens is 1. The molecule has 26 heavy (non-hydrogen) atoms. The number of aromatic amines is 1. The van der Waals surface area contributed by atoms with Crippen LogP contribution in [0.5, 0.6) is 11.5 Å². The van der Waals surface area contributed by atoms with Crippen LogP contribution in [-0.2, 0) is 12.8 Å². The number of rotatable bonds is 5. The molecular formula is C20H17ClN4O. The van der Waals surface area contributed by atoms with E-state index in [1.807, 2.05) is 36.5 Å². The van der Waals surface area contributed by atoms with Crippen LogP contribution in [0.3, 0.4) is 0 Å². The summed E-state index contributed by atoms with van der Waals surface area (Å²) in [7, 11) is 0. The second-order valence-corrected chi connectivity index (χ2v) is 6.31. The average Bonchev–Trinajstić information content (AvgIpc) is 2.99. The van der Waals surface area contributed by atoms with E-state index in [1.165, 1.54) is 0 Å². The largest absolute Gasteiger partial charge is 0.455 e. The number of pyridine rings is 3. The van der Waals surface area contributed by atoms with Crippen LogP contribution in [0.4, 0.5) is 0 Å². The molecule has 0 fully saturated rings. The lowest BCUT2D eigenvalue weighted by molar-refractivity contribution is 0.485. The predicted octanol–water partition coefficient (Wildman–Crippen LogP) is 4.95. The Labute approximate surface area is 156 Å². The zero-order valence-corrected chi connectivity index (χ0v) is 15.0. The van der Waals surface area contributed by atoms with E-state index in [4.69, 9.17) is 21.3 Å². The molecule has 0 saturated carbocycles. The lowest BCUT2D eigenvalue weighted by atomic mass is 10.1. The van der Waals surface area contributed by atoms with Gasteiger partial charge in [-0.25, -0.2) is 4.98 Å². The van der Waals surface area contributed by atoms with Crippen molar-refractivity contribution in [2.75, 3.05) is 0 Å². The summed E-state index contributed by atoms with van der Waals surface area (Å²) in [5, 5.41) is 1.45. The third-order valence-electron chi connectivity index (χ3n) is 4.11. The van der Waals surface area contributed by atoms with Gasteiger partial charge in [-0.2, -0.15) is 0 Å². The number of ether oxygens (including phenoxy) is 1. The van der Waals surface area contributed by atoms with Crippen LogP contribution in [0.2, 0.25) is 5.02 Å². The summed E-state index contributed by atoms with van der Waals surface area (Å²) < 4.78 is 6.09. The molecule has 1 N–H and O–H groups in total. The highest BCUT2D eigenvalue weighted by atomic mass is 35.5. The molecule has 0 atom stereocenters. The zero-order valence-electron chi connectivity index (χ0n) is 14.2. The van der Waals surface area contributed by atoms with E-state index in [9.17, 15) is 0 Å². The van der Waals surface area contributed by atoms with Gasteiger partial charge < -0.3 is 9.72 Å². The fourth-order valence-electron chi connectivity index (χ4n) is 2.88. The Morgan fingerprint density at radius 3 is 2.62 bits per heavy atom. The Morgan fingerprint density at radius 1 is 1.12 bits per heavy atom. The first-order valence-corrected chi connectivity index (χ1v) is 8.79. The van der Waals surface area contributed by atoms with Crippen LogP contribution in [0, 0.1) is 0 Å². The first kappa shape index (κ1) is 16.5. The monoisotopic (exact) mass is 364 g/mol. The van der Waals surface area contributed by atoms with Gasteiger partial charge in [0.05, 0.1) is 22.3 Å². The Balaban J connectivity index is 1.81. The van der Waals surface area contributed by atoms with Crippen molar-refractivity contribution in [2.45, 2.75) is 19.8 Å². The molecule has 0 aliphatic carbocycles. The summed E-state index contributed by atoms with van der Waals surface area (Å²) in [6.45, 7) is 2.05. The fourth-order valence-corrected chi connectivity index (χ4v) is 3.25. The molecule has 0 aromatic carbocycles. The van der Waals surface area contributed by atoms with E-state index in [0.717, 1.165) is 34.4 Å². The first-order valence-electron chi connectivity index (χ1n) is 8.41. The number of hydrogen-bond acceptors (Lipinski definition) is 4. The van der Waals surface area contributed by atoms with Crippen LogP contribution in [0.1, 0.15) is 23.9 Å². The van der Waals surface area contributed by atoms with Crippen LogP contribution in [-0.4, -0.2) is 19.9 Å². The normalized spacial score (nSPS) is 11.0. The van der Waals surface area contributed by atoms with Crippen LogP contribution in [0.25, 0.3) is 11.0 Å². The highest BCUT2D eigenvalue weighted by Crippen LogP contribution is 2.37. The molecule has 4 rings (SSSR count). The quantitative estimate of drug-likeness (QED) is 0.544. The van der Waals surface area contributed by atoms with E-state index in [0.29, 0.717) is 22.9 Å². The molecule has 4 aromatic rings. The van der Waals surface area contributed by atoms with Gasteiger partial charge >= 0.3 is 0 Å². The fraction of sp³-hybridized carbons (Fsp3) is 0.150. The van der Waals surface area contributed by atoms with Gasteiger partial charge in [-0.1, -0.05) is 24.6 Å². The molecule has 0 aliphatic heterocycles. The molecule has 4 heterocycles. The summed E-state index contributed by atoms with van der Waals surface area (Å²) in [6, 6.07) is 9.57. The Hall–Kier alpha value is -2.92. The van der Waals surface area contributed by atoms with Crippen LogP contribution < -0.4 is 4.74 Å². The number of hydrogen-bond donors (Lipinski definition) is 1. The van der Waals surface area contributed by atoms with E-state index >= 15 is 0 Å². The summed E-state index contributed by atoms with van der Waals surface area (Å²) in [5.74, 6) is 1.32. The van der Waals surface area contributed by atoms with Crippen LogP contribution in [0.15, 0.2) is 55.1 Å². The van der Waals surface area contributed by atoms with E-state index in [-0.39, 0.29) is 0 Å². The maximum absolute atomic E-state index is 6.56. The molecule has 5 nitrogen and oxygen atoms in total. The minimum Gasteiger partial charge on any atom is -0.455 e. The Morgan fingerprint density at radius 2 is 1.92 bits per heavy atom. The number of nitrogens with one attached hydrogen (secondary N) is 1. The van der Waals surface area contributed by atoms with Gasteiger partial charge in [-0.15, -0.1) is 0 Å². The van der Waals surface area contributed by atoms with Gasteiger partial charge in [0.25, 0.3) is 0 Å². The van der Waals surface area contributed by atoms with Gasteiger partial charge in [-0.3, -0.25) is 9.97 Å². The van der Waals surface area contributed by atoms with Crippen molar-refractivity contribution in [1.82, 2.24) is 19.9 Å². The third-order valence-corrected chi connectivity index (χ3v) is 4.53. The number of fused-ring (bicyclic) bond motifs is 1. The molecular weight excluding hydrogens is 348 g/mol. The molecule has 0 radical (unpaired) electrons. The van der Waals surface area contributed by atoms with Crippen molar-refractivity contribution in [3.63, 3.8) is 0 Å². The molecule has 0 saturated heterocycles. The Kier molecular flexibility index (Phi) is 4.54. The van der Waals surface area contributed by atoms with Crippen molar-refractivity contribution in [1.29, 1.82) is 0 Å². The van der Waals surface area contributed by atoms with Gasteiger partial charge in [0.1, 0.15) is 17.1 Å². The van der Waals surface area contributed by atoms with Crippen molar-refractivity contribution in [3.05, 3.63) is 77.1 Å². The zero-order chi connectivity index (χ0) is 17.9. The van der Waals surface area contributed by atoms with Crippen molar-refractivity contribution in [3.8, 4) is 11.5 Å². The number of nitrogens with zero attached hydrogens (tertiary/aromatic N) is 3. The van der Waals surface area contributed by atoms with Crippen molar-refractivity contribution >= 4 is 22.6 Å². The minimum atomic E-state index is 0.654. The predicted molar refractivity (Wildman–Crippen MR) is 102 cm³/mol. The lowest BCUT2D eigenvalue weighted by Crippen LogP contribution is -1.96. The van der Waals surface area contributed by atoms with Crippen molar-refractivity contribution in [2.24, 2.45) is 0 Å². The number of aryl methyl sites for hydroxylation is 1. The highest BCUT2D eigenvalue weighted by molar-refractivity contribution is 6.36. The second kappa shape index (κ2) is 7.14. The van der Waals surface area contributed by atoms with Gasteiger partial charge in [0.2, 0.25) is 0 Å². The SMILES string of the molecule is CCc1[nH]c2nc(Cc3cccnc3)cc(Oc3cccnc3)c2c1Cl. The average molecular weight is 365 g/mol. The first-order chi connectivity index (χ1) is 12.7. The lowest BCUT2D eigenvalue weighted by Gasteiger charge is -2.09. The standard InChI is InChI=1S/C20H17ClN4O/c1-2-16-19(21)18-17(26-15-6-4-8-23-12-15)10-14(24-20(18)25-16)9-13-5-3-7-22-11-13/h3-8,10-12H,2,9H2,1H3,(H,24,25). The molecule has 4 aromatic heterocycles. The number of H-pyrrole nitrogens is 1. The van der Waals surface area contributed by atoms with Gasteiger partial charge in [-0.05, 0) is 30.2 Å². The van der Waals surface area contributed by atoms with E-state index < -0.39 is 0 Å². The third kappa shape index (κ3) is 3.26. The highest BCUT2D eigenvalue weighted by Gasteiger charge is 2.17. The second-order valence-electron chi connectivity index (χ2n) is 5.94. The summed E-state index contributed by atoms with van der Waals surface area (Å²) in [6.07, 6.45) is 8.43. The molecule has 6 heteroatoms. The topological polar surface area (TPSA) is 63.7 Å². The van der Waals surface area contributed by atoms with Gasteiger partial charge in [0.15, 0.2) is 0 Å². The molecule has 0 bridgehead atoms. The van der Waals surface area contributed by atoms with Crippen molar-refractivity contribution < 1.29 is 4.74 Å². The molecule has 0 spiro atoms. The smallest absolute Gasteiger partial charge is 0.145 e. The van der Waals surface area contributed by atoms with E-state index in [2.05, 4.69) is 21.9 Å². The minimum absolute atomic E-state index is 0.654. The molecule has 130 valence electrons. The summed E-state index contributed by atoms with van der Waals surface area (Å²) >= 11 is 6.56. The van der Waals surface area contributed by atoms with Gasteiger partial charge in [0, 0.05) is 36.8 Å².